The molecule has 0 saturated carbocycles. The van der Waals surface area contributed by atoms with Gasteiger partial charge in [0.15, 0.2) is 12.6 Å². The Morgan fingerprint density at radius 1 is 1.18 bits per heavy atom. The summed E-state index contributed by atoms with van der Waals surface area (Å²) >= 11 is 0. The van der Waals surface area contributed by atoms with Crippen LogP contribution in [-0.2, 0) is 23.7 Å². The first-order chi connectivity index (χ1) is 10.8. The van der Waals surface area contributed by atoms with E-state index in [2.05, 4.69) is 6.08 Å². The highest BCUT2D eigenvalue weighted by Crippen LogP contribution is 2.43. The van der Waals surface area contributed by atoms with Gasteiger partial charge < -0.3 is 23.7 Å². The Morgan fingerprint density at radius 2 is 2.05 bits per heavy atom. The molecule has 0 aliphatic carbocycles. The van der Waals surface area contributed by atoms with Crippen molar-refractivity contribution in [2.24, 2.45) is 0 Å². The van der Waals surface area contributed by atoms with Crippen molar-refractivity contribution in [3.63, 3.8) is 0 Å². The van der Waals surface area contributed by atoms with Crippen LogP contribution >= 0.6 is 0 Å². The lowest BCUT2D eigenvalue weighted by Gasteiger charge is -2.49. The lowest BCUT2D eigenvalue weighted by Crippen LogP contribution is -2.61. The van der Waals surface area contributed by atoms with Gasteiger partial charge in [-0.2, -0.15) is 0 Å². The van der Waals surface area contributed by atoms with Crippen LogP contribution in [-0.4, -0.2) is 44.4 Å². The van der Waals surface area contributed by atoms with E-state index in [1.54, 1.807) is 7.11 Å². The lowest BCUT2D eigenvalue weighted by atomic mass is 9.86. The van der Waals surface area contributed by atoms with Crippen LogP contribution in [0.4, 0.5) is 0 Å². The number of rotatable bonds is 2. The average molecular weight is 304 g/mol. The second-order valence-electron chi connectivity index (χ2n) is 5.84. The van der Waals surface area contributed by atoms with E-state index in [-0.39, 0.29) is 24.8 Å². The zero-order valence-electron chi connectivity index (χ0n) is 12.5. The summed E-state index contributed by atoms with van der Waals surface area (Å²) in [4.78, 5) is 0. The number of fused-ring (bicyclic) bond motifs is 2. The van der Waals surface area contributed by atoms with Crippen LogP contribution in [0.25, 0.3) is 0 Å². The van der Waals surface area contributed by atoms with Gasteiger partial charge in [0.05, 0.1) is 13.2 Å². The van der Waals surface area contributed by atoms with E-state index in [1.807, 2.05) is 36.4 Å². The Kier molecular flexibility index (Phi) is 3.76. The van der Waals surface area contributed by atoms with Crippen molar-refractivity contribution < 1.29 is 23.7 Å². The van der Waals surface area contributed by atoms with E-state index in [4.69, 9.17) is 23.7 Å². The van der Waals surface area contributed by atoms with Crippen molar-refractivity contribution in [1.82, 2.24) is 0 Å². The SMILES string of the molecule is CO[C@@H]1C[C@@]2(C=CCO2)[C@@H]2O[C@H](c3ccccc3)OC[C@H]2O1. The molecular formula is C17H20O5. The van der Waals surface area contributed by atoms with Crippen molar-refractivity contribution in [3.8, 4) is 0 Å². The zero-order chi connectivity index (χ0) is 15.0. The van der Waals surface area contributed by atoms with E-state index in [0.717, 1.165) is 5.56 Å². The third-order valence-electron chi connectivity index (χ3n) is 4.50. The standard InChI is InChI=1S/C17H20O5/c1-18-14-10-17(8-5-9-20-17)15-13(21-14)11-19-16(22-15)12-6-3-2-4-7-12/h2-8,13-16H,9-11H2,1H3/t13-,14+,15-,16-,17+/m1/s1. The molecule has 0 aromatic heterocycles. The summed E-state index contributed by atoms with van der Waals surface area (Å²) in [6.45, 7) is 1.06. The third-order valence-corrected chi connectivity index (χ3v) is 4.50. The fourth-order valence-electron chi connectivity index (χ4n) is 3.42. The van der Waals surface area contributed by atoms with E-state index in [9.17, 15) is 0 Å². The highest BCUT2D eigenvalue weighted by molar-refractivity contribution is 5.19. The summed E-state index contributed by atoms with van der Waals surface area (Å²) in [6, 6.07) is 9.95. The Bertz CT molecular complexity index is 545. The monoisotopic (exact) mass is 304 g/mol. The third kappa shape index (κ3) is 2.39. The van der Waals surface area contributed by atoms with Gasteiger partial charge in [-0.25, -0.2) is 0 Å². The minimum Gasteiger partial charge on any atom is -0.364 e. The lowest BCUT2D eigenvalue weighted by molar-refractivity contribution is -0.351. The minimum absolute atomic E-state index is 0.193. The van der Waals surface area contributed by atoms with Gasteiger partial charge in [-0.3, -0.25) is 0 Å². The molecule has 1 aromatic carbocycles. The molecule has 5 atom stereocenters. The fraction of sp³-hybridized carbons (Fsp3) is 0.529. The van der Waals surface area contributed by atoms with Crippen LogP contribution in [0.2, 0.25) is 0 Å². The van der Waals surface area contributed by atoms with Crippen LogP contribution in [0.3, 0.4) is 0 Å². The molecule has 3 aliphatic rings. The van der Waals surface area contributed by atoms with Gasteiger partial charge in [0, 0.05) is 19.1 Å². The smallest absolute Gasteiger partial charge is 0.184 e. The van der Waals surface area contributed by atoms with E-state index >= 15 is 0 Å². The molecule has 0 N–H and O–H groups in total. The van der Waals surface area contributed by atoms with Gasteiger partial charge >= 0.3 is 0 Å². The van der Waals surface area contributed by atoms with Crippen LogP contribution in [0.1, 0.15) is 18.3 Å². The Balaban J connectivity index is 1.59. The molecule has 22 heavy (non-hydrogen) atoms. The molecule has 1 spiro atoms. The number of methoxy groups -OCH3 is 1. The maximum Gasteiger partial charge on any atom is 0.184 e. The maximum atomic E-state index is 6.23. The molecule has 1 aromatic rings. The van der Waals surface area contributed by atoms with Gasteiger partial charge in [-0.1, -0.05) is 42.5 Å². The van der Waals surface area contributed by atoms with E-state index < -0.39 is 5.60 Å². The molecule has 4 rings (SSSR count). The number of benzene rings is 1. The van der Waals surface area contributed by atoms with E-state index in [0.29, 0.717) is 19.6 Å². The molecule has 0 unspecified atom stereocenters. The zero-order valence-corrected chi connectivity index (χ0v) is 12.5. The molecular weight excluding hydrogens is 284 g/mol. The van der Waals surface area contributed by atoms with Gasteiger partial charge in [0.1, 0.15) is 17.8 Å². The van der Waals surface area contributed by atoms with Crippen molar-refractivity contribution in [2.45, 2.75) is 36.8 Å². The highest BCUT2D eigenvalue weighted by Gasteiger charge is 2.54. The van der Waals surface area contributed by atoms with Crippen molar-refractivity contribution >= 4 is 0 Å². The summed E-state index contributed by atoms with van der Waals surface area (Å²) in [6.07, 6.45) is 3.67. The molecule has 3 aliphatic heterocycles. The predicted octanol–water partition coefficient (Wildman–Crippen LogP) is 2.19. The first kappa shape index (κ1) is 14.4. The summed E-state index contributed by atoms with van der Waals surface area (Å²) in [5, 5.41) is 0. The minimum atomic E-state index is -0.486. The van der Waals surface area contributed by atoms with Crippen molar-refractivity contribution in [2.75, 3.05) is 20.3 Å². The molecule has 0 bridgehead atoms. The molecule has 0 amide bonds. The second kappa shape index (κ2) is 5.76. The van der Waals surface area contributed by atoms with E-state index in [1.165, 1.54) is 0 Å². The van der Waals surface area contributed by atoms with Gasteiger partial charge in [-0.15, -0.1) is 0 Å². The first-order valence-corrected chi connectivity index (χ1v) is 7.63. The highest BCUT2D eigenvalue weighted by atomic mass is 16.7. The van der Waals surface area contributed by atoms with Crippen LogP contribution in [0.5, 0.6) is 0 Å². The Hall–Kier alpha value is -1.24. The van der Waals surface area contributed by atoms with Gasteiger partial charge in [0.2, 0.25) is 0 Å². The Labute approximate surface area is 129 Å². The first-order valence-electron chi connectivity index (χ1n) is 7.63. The number of hydrogen-bond donors (Lipinski definition) is 0. The predicted molar refractivity (Wildman–Crippen MR) is 78.1 cm³/mol. The molecule has 118 valence electrons. The molecule has 2 saturated heterocycles. The summed E-state index contributed by atoms with van der Waals surface area (Å²) < 4.78 is 29.4. The molecule has 5 heteroatoms. The van der Waals surface area contributed by atoms with Crippen LogP contribution in [0, 0.1) is 0 Å². The average Bonchev–Trinajstić information content (AvgIpc) is 3.04. The van der Waals surface area contributed by atoms with Gasteiger partial charge in [0.25, 0.3) is 0 Å². The maximum absolute atomic E-state index is 6.23. The second-order valence-corrected chi connectivity index (χ2v) is 5.84. The van der Waals surface area contributed by atoms with Crippen molar-refractivity contribution in [1.29, 1.82) is 0 Å². The quantitative estimate of drug-likeness (QED) is 0.784. The summed E-state index contributed by atoms with van der Waals surface area (Å²) in [5.41, 5.74) is 0.521. The number of hydrogen-bond acceptors (Lipinski definition) is 5. The molecule has 2 fully saturated rings. The molecule has 3 heterocycles. The van der Waals surface area contributed by atoms with Crippen LogP contribution in [0.15, 0.2) is 42.5 Å². The summed E-state index contributed by atoms with van der Waals surface area (Å²) in [7, 11) is 1.65. The van der Waals surface area contributed by atoms with Crippen LogP contribution < -0.4 is 0 Å². The fourth-order valence-corrected chi connectivity index (χ4v) is 3.42. The topological polar surface area (TPSA) is 46.2 Å². The van der Waals surface area contributed by atoms with Gasteiger partial charge in [-0.05, 0) is 0 Å². The summed E-state index contributed by atoms with van der Waals surface area (Å²) in [5.74, 6) is 0. The molecule has 0 radical (unpaired) electrons. The Morgan fingerprint density at radius 3 is 2.77 bits per heavy atom. The number of ether oxygens (including phenoxy) is 5. The normalized spacial score (nSPS) is 40.8. The van der Waals surface area contributed by atoms with Crippen molar-refractivity contribution in [3.05, 3.63) is 48.0 Å². The molecule has 5 nitrogen and oxygen atoms in total. The largest absolute Gasteiger partial charge is 0.364 e.